The van der Waals surface area contributed by atoms with Crippen molar-refractivity contribution in [1.82, 2.24) is 5.01 Å². The Morgan fingerprint density at radius 3 is 2.25 bits per heavy atom. The smallest absolute Gasteiger partial charge is 0.254 e. The first kappa shape index (κ1) is 16.0. The number of halogens is 1. The molecule has 1 aliphatic heterocycles. The summed E-state index contributed by atoms with van der Waals surface area (Å²) in [5.41, 5.74) is 0.738. The quantitative estimate of drug-likeness (QED) is 0.468. The van der Waals surface area contributed by atoms with Gasteiger partial charge in [0, 0.05) is 5.56 Å². The third kappa shape index (κ3) is 2.14. The van der Waals surface area contributed by atoms with E-state index in [1.165, 1.54) is 18.3 Å². The fraction of sp³-hybridized carbons (Fsp3) is 0.318. The van der Waals surface area contributed by atoms with E-state index in [0.29, 0.717) is 23.4 Å². The van der Waals surface area contributed by atoms with Crippen LogP contribution in [0.3, 0.4) is 0 Å². The second-order valence-corrected chi connectivity index (χ2v) is 8.10. The number of nitrogens with zero attached hydrogens (tertiary/aromatic N) is 2. The van der Waals surface area contributed by atoms with Crippen molar-refractivity contribution in [2.75, 3.05) is 0 Å². The molecule has 7 rings (SSSR count). The van der Waals surface area contributed by atoms with Crippen LogP contribution >= 0.6 is 0 Å². The molecule has 1 aromatic carbocycles. The maximum absolute atomic E-state index is 13.1. The minimum atomic E-state index is -0.314. The van der Waals surface area contributed by atoms with Crippen LogP contribution in [0.15, 0.2) is 58.1 Å². The van der Waals surface area contributed by atoms with Crippen molar-refractivity contribution >= 4 is 18.0 Å². The number of allylic oxidation sites excluding steroid dienone is 2. The number of benzene rings is 1. The predicted octanol–water partition coefficient (Wildman–Crippen LogP) is 3.47. The number of carbonyl (C=O) groups excluding carboxylic acids is 2. The van der Waals surface area contributed by atoms with E-state index in [4.69, 9.17) is 4.42 Å². The fourth-order valence-electron chi connectivity index (χ4n) is 5.36. The summed E-state index contributed by atoms with van der Waals surface area (Å²) in [5, 5.41) is 5.20. The summed E-state index contributed by atoms with van der Waals surface area (Å²) in [5.74, 6) is 1.30. The van der Waals surface area contributed by atoms with Gasteiger partial charge in [0.25, 0.3) is 11.8 Å². The Balaban J connectivity index is 1.24. The summed E-state index contributed by atoms with van der Waals surface area (Å²) in [7, 11) is 0. The summed E-state index contributed by atoms with van der Waals surface area (Å²) in [6.07, 6.45) is 6.81. The van der Waals surface area contributed by atoms with Crippen LogP contribution in [-0.4, -0.2) is 23.0 Å². The highest BCUT2D eigenvalue weighted by atomic mass is 19.1. The molecule has 1 saturated heterocycles. The summed E-state index contributed by atoms with van der Waals surface area (Å²) in [6.45, 7) is 0. The van der Waals surface area contributed by atoms with Crippen molar-refractivity contribution in [3.63, 3.8) is 0 Å². The third-order valence-corrected chi connectivity index (χ3v) is 6.70. The van der Waals surface area contributed by atoms with Gasteiger partial charge in [-0.2, -0.15) is 10.1 Å². The highest BCUT2D eigenvalue weighted by molar-refractivity contribution is 6.06. The molecule has 3 fully saturated rings. The molecule has 5 nitrogen and oxygen atoms in total. The number of hydrogen-bond acceptors (Lipinski definition) is 4. The number of carbonyl (C=O) groups is 2. The largest absolute Gasteiger partial charge is 0.455 e. The van der Waals surface area contributed by atoms with Crippen LogP contribution in [0.4, 0.5) is 4.39 Å². The Morgan fingerprint density at radius 2 is 1.61 bits per heavy atom. The summed E-state index contributed by atoms with van der Waals surface area (Å²) in [4.78, 5) is 25.8. The maximum atomic E-state index is 13.1. The lowest BCUT2D eigenvalue weighted by Gasteiger charge is -2.37. The second-order valence-electron chi connectivity index (χ2n) is 8.10. The molecule has 0 N–H and O–H groups in total. The van der Waals surface area contributed by atoms with Gasteiger partial charge in [0.2, 0.25) is 0 Å². The monoisotopic (exact) mass is 376 g/mol. The minimum absolute atomic E-state index is 0.186. The van der Waals surface area contributed by atoms with Gasteiger partial charge in [-0.1, -0.05) is 12.2 Å². The maximum Gasteiger partial charge on any atom is 0.254 e. The standard InChI is InChI=1S/C22H17FN2O3/c23-12-3-1-11(2-4-12)18-8-5-13(28-18)10-24-25-21(26)19-14-6-7-15(17-9-16(14)17)20(19)22(25)27/h1-8,10,14-17,19-20H,9H2/b24-10-/t14-,15-,16-,17+,19+,20-/m1/s1. The lowest BCUT2D eigenvalue weighted by atomic mass is 9.63. The van der Waals surface area contributed by atoms with E-state index in [1.54, 1.807) is 24.3 Å². The van der Waals surface area contributed by atoms with Gasteiger partial charge in [-0.15, -0.1) is 0 Å². The van der Waals surface area contributed by atoms with Crippen molar-refractivity contribution in [2.24, 2.45) is 40.6 Å². The van der Waals surface area contributed by atoms with E-state index in [9.17, 15) is 14.0 Å². The molecule has 6 atom stereocenters. The molecule has 5 aliphatic rings. The lowest BCUT2D eigenvalue weighted by Crippen LogP contribution is -2.40. The number of amides is 2. The van der Waals surface area contributed by atoms with Gasteiger partial charge >= 0.3 is 0 Å². The van der Waals surface area contributed by atoms with Gasteiger partial charge in [0.1, 0.15) is 17.3 Å². The number of hydrazone groups is 1. The third-order valence-electron chi connectivity index (χ3n) is 6.70. The van der Waals surface area contributed by atoms with E-state index in [-0.39, 0.29) is 41.3 Å². The van der Waals surface area contributed by atoms with Crippen molar-refractivity contribution in [1.29, 1.82) is 0 Å². The van der Waals surface area contributed by atoms with E-state index >= 15 is 0 Å². The molecule has 0 unspecified atom stereocenters. The molecule has 4 aliphatic carbocycles. The molecule has 2 heterocycles. The molecule has 140 valence electrons. The number of hydrogen-bond donors (Lipinski definition) is 0. The highest BCUT2D eigenvalue weighted by Gasteiger charge is 2.67. The van der Waals surface area contributed by atoms with Crippen molar-refractivity contribution in [2.45, 2.75) is 6.42 Å². The van der Waals surface area contributed by atoms with Crippen LogP contribution in [0.2, 0.25) is 0 Å². The van der Waals surface area contributed by atoms with E-state index in [0.717, 1.165) is 17.0 Å². The fourth-order valence-corrected chi connectivity index (χ4v) is 5.36. The normalized spacial score (nSPS) is 35.0. The predicted molar refractivity (Wildman–Crippen MR) is 98.2 cm³/mol. The van der Waals surface area contributed by atoms with Crippen LogP contribution in [0.1, 0.15) is 12.2 Å². The molecule has 2 bridgehead atoms. The molecule has 28 heavy (non-hydrogen) atoms. The Kier molecular flexibility index (Phi) is 3.14. The summed E-state index contributed by atoms with van der Waals surface area (Å²) in [6, 6.07) is 9.44. The average molecular weight is 376 g/mol. The van der Waals surface area contributed by atoms with Crippen LogP contribution < -0.4 is 0 Å². The van der Waals surface area contributed by atoms with Crippen molar-refractivity contribution in [3.05, 3.63) is 60.1 Å². The van der Waals surface area contributed by atoms with E-state index < -0.39 is 0 Å². The molecule has 6 heteroatoms. The van der Waals surface area contributed by atoms with Gasteiger partial charge in [0.15, 0.2) is 0 Å². The molecule has 2 saturated carbocycles. The second kappa shape index (κ2) is 5.50. The van der Waals surface area contributed by atoms with Crippen LogP contribution in [0.5, 0.6) is 0 Å². The SMILES string of the molecule is O=C1[C@@H]2[C@@H]3C=C[C@H]([C@H]4C[C@@H]34)[C@@H]2C(=O)N1/N=C\c1ccc(-c2ccc(F)cc2)o1. The van der Waals surface area contributed by atoms with E-state index in [1.807, 2.05) is 0 Å². The molecule has 1 aromatic heterocycles. The Labute approximate surface area is 160 Å². The summed E-state index contributed by atoms with van der Waals surface area (Å²) < 4.78 is 18.8. The van der Waals surface area contributed by atoms with Gasteiger partial charge in [-0.3, -0.25) is 9.59 Å². The first-order valence-electron chi connectivity index (χ1n) is 9.58. The molecular formula is C22H17FN2O3. The van der Waals surface area contributed by atoms with E-state index in [2.05, 4.69) is 17.3 Å². The Morgan fingerprint density at radius 1 is 0.964 bits per heavy atom. The minimum Gasteiger partial charge on any atom is -0.455 e. The lowest BCUT2D eigenvalue weighted by molar-refractivity contribution is -0.140. The number of furan rings is 1. The number of imide groups is 1. The zero-order valence-electron chi connectivity index (χ0n) is 14.9. The van der Waals surface area contributed by atoms with Crippen LogP contribution in [0.25, 0.3) is 11.3 Å². The summed E-state index contributed by atoms with van der Waals surface area (Å²) >= 11 is 0. The van der Waals surface area contributed by atoms with Crippen molar-refractivity contribution < 1.29 is 18.4 Å². The average Bonchev–Trinajstić information content (AvgIpc) is 3.34. The van der Waals surface area contributed by atoms with Gasteiger partial charge in [-0.05, 0) is 66.5 Å². The number of rotatable bonds is 3. The van der Waals surface area contributed by atoms with Gasteiger partial charge in [0.05, 0.1) is 18.1 Å². The molecule has 2 amide bonds. The zero-order chi connectivity index (χ0) is 19.0. The Bertz CT molecular complexity index is 1020. The molecule has 0 spiro atoms. The topological polar surface area (TPSA) is 62.9 Å². The zero-order valence-corrected chi connectivity index (χ0v) is 14.9. The first-order chi connectivity index (χ1) is 13.6. The first-order valence-corrected chi connectivity index (χ1v) is 9.58. The van der Waals surface area contributed by atoms with Gasteiger partial charge in [-0.25, -0.2) is 4.39 Å². The highest BCUT2D eigenvalue weighted by Crippen LogP contribution is 2.65. The van der Waals surface area contributed by atoms with Crippen LogP contribution in [-0.2, 0) is 9.59 Å². The van der Waals surface area contributed by atoms with Crippen LogP contribution in [0, 0.1) is 41.3 Å². The molecule has 2 aromatic rings. The molecular weight excluding hydrogens is 359 g/mol. The molecule has 0 radical (unpaired) electrons. The van der Waals surface area contributed by atoms with Gasteiger partial charge < -0.3 is 4.42 Å². The Hall–Kier alpha value is -3.02. The van der Waals surface area contributed by atoms with Crippen molar-refractivity contribution in [3.8, 4) is 11.3 Å².